The molecule has 3 rings (SSSR count). The summed E-state index contributed by atoms with van der Waals surface area (Å²) < 4.78 is 6.09. The van der Waals surface area contributed by atoms with Crippen molar-refractivity contribution in [1.29, 1.82) is 0 Å². The summed E-state index contributed by atoms with van der Waals surface area (Å²) in [5, 5.41) is 3.38. The van der Waals surface area contributed by atoms with Gasteiger partial charge >= 0.3 is 0 Å². The standard InChI is InChI=1S/C29H46N4O/c1-23-10-11-24-12-13-26(34-20-8-18-32-27-9-6-7-17-31-27)21-25(24)22-33(23)19-16-28(2,3)14-15-29(4,5)30/h6,9,12-13,21H,1,7-8,10-11,14-20,22,30H2,2-5H3,(H,31,32). The number of nitrogens with one attached hydrogen (secondary N) is 1. The van der Waals surface area contributed by atoms with Crippen molar-refractivity contribution < 1.29 is 4.74 Å². The number of benzene rings is 1. The van der Waals surface area contributed by atoms with Crippen molar-refractivity contribution in [3.05, 3.63) is 53.8 Å². The van der Waals surface area contributed by atoms with Gasteiger partial charge in [-0.25, -0.2) is 0 Å². The van der Waals surface area contributed by atoms with Gasteiger partial charge in [0.2, 0.25) is 0 Å². The monoisotopic (exact) mass is 466 g/mol. The fourth-order valence-corrected chi connectivity index (χ4v) is 4.40. The third-order valence-electron chi connectivity index (χ3n) is 6.92. The van der Waals surface area contributed by atoms with Gasteiger partial charge in [-0.05, 0) is 93.5 Å². The molecule has 1 aromatic rings. The van der Waals surface area contributed by atoms with E-state index in [0.717, 1.165) is 82.7 Å². The number of ether oxygens (including phenoxy) is 1. The normalized spacial score (nSPS) is 16.7. The van der Waals surface area contributed by atoms with Gasteiger partial charge in [0.25, 0.3) is 0 Å². The van der Waals surface area contributed by atoms with E-state index in [1.54, 1.807) is 0 Å². The first kappa shape index (κ1) is 26.3. The van der Waals surface area contributed by atoms with Crippen LogP contribution in [0, 0.1) is 5.41 Å². The number of amidine groups is 1. The topological polar surface area (TPSA) is 62.9 Å². The molecule has 0 amide bonds. The van der Waals surface area contributed by atoms with Crippen LogP contribution in [0.2, 0.25) is 0 Å². The molecule has 3 N–H and O–H groups in total. The molecule has 0 saturated heterocycles. The third kappa shape index (κ3) is 8.83. The van der Waals surface area contributed by atoms with E-state index in [-0.39, 0.29) is 11.0 Å². The molecular weight excluding hydrogens is 420 g/mol. The molecule has 0 aliphatic carbocycles. The van der Waals surface area contributed by atoms with Crippen molar-refractivity contribution >= 4 is 5.84 Å². The van der Waals surface area contributed by atoms with Crippen molar-refractivity contribution in [1.82, 2.24) is 10.2 Å². The maximum Gasteiger partial charge on any atom is 0.120 e. The van der Waals surface area contributed by atoms with Gasteiger partial charge in [-0.1, -0.05) is 32.6 Å². The molecule has 0 bridgehead atoms. The quantitative estimate of drug-likeness (QED) is 0.417. The Morgan fingerprint density at radius 2 is 1.94 bits per heavy atom. The van der Waals surface area contributed by atoms with E-state index >= 15 is 0 Å². The SMILES string of the molecule is C=C1CCc2ccc(OCCCNC3=NCCC=C3)cc2CN1CCC(C)(C)CCC(C)(C)N. The summed E-state index contributed by atoms with van der Waals surface area (Å²) in [6.45, 7) is 17.8. The summed E-state index contributed by atoms with van der Waals surface area (Å²) in [5.41, 5.74) is 10.4. The van der Waals surface area contributed by atoms with Crippen LogP contribution in [0.15, 0.2) is 47.6 Å². The minimum atomic E-state index is -0.101. The lowest BCUT2D eigenvalue weighted by atomic mass is 9.80. The second-order valence-corrected chi connectivity index (χ2v) is 11.4. The fraction of sp³-hybridized carbons (Fsp3) is 0.621. The number of nitrogens with two attached hydrogens (primary N) is 1. The fourth-order valence-electron chi connectivity index (χ4n) is 4.40. The van der Waals surface area contributed by atoms with Crippen molar-refractivity contribution in [3.63, 3.8) is 0 Å². The largest absolute Gasteiger partial charge is 0.494 e. The molecule has 5 heteroatoms. The van der Waals surface area contributed by atoms with Crippen LogP contribution in [-0.2, 0) is 13.0 Å². The van der Waals surface area contributed by atoms with Gasteiger partial charge in [0, 0.05) is 37.4 Å². The molecule has 2 aliphatic heterocycles. The second-order valence-electron chi connectivity index (χ2n) is 11.4. The van der Waals surface area contributed by atoms with Gasteiger partial charge in [0.05, 0.1) is 6.61 Å². The average Bonchev–Trinajstić information content (AvgIpc) is 2.95. The zero-order valence-corrected chi connectivity index (χ0v) is 22.0. The van der Waals surface area contributed by atoms with Gasteiger partial charge in [0.15, 0.2) is 0 Å². The number of aliphatic imine (C=N–C) groups is 1. The highest BCUT2D eigenvalue weighted by molar-refractivity contribution is 5.93. The van der Waals surface area contributed by atoms with E-state index in [1.165, 1.54) is 16.8 Å². The number of hydrogen-bond donors (Lipinski definition) is 2. The number of aryl methyl sites for hydroxylation is 1. The van der Waals surface area contributed by atoms with Crippen molar-refractivity contribution in [2.75, 3.05) is 26.2 Å². The van der Waals surface area contributed by atoms with Gasteiger partial charge in [-0.2, -0.15) is 0 Å². The number of hydrogen-bond acceptors (Lipinski definition) is 5. The van der Waals surface area contributed by atoms with E-state index in [0.29, 0.717) is 6.61 Å². The summed E-state index contributed by atoms with van der Waals surface area (Å²) in [5.74, 6) is 1.96. The Balaban J connectivity index is 1.50. The molecule has 0 atom stereocenters. The van der Waals surface area contributed by atoms with Crippen LogP contribution in [0.3, 0.4) is 0 Å². The lowest BCUT2D eigenvalue weighted by Crippen LogP contribution is -2.34. The first-order valence-electron chi connectivity index (χ1n) is 13.0. The zero-order chi connectivity index (χ0) is 24.6. The predicted octanol–water partition coefficient (Wildman–Crippen LogP) is 5.60. The maximum absolute atomic E-state index is 6.23. The van der Waals surface area contributed by atoms with Gasteiger partial charge in [-0.3, -0.25) is 4.99 Å². The lowest BCUT2D eigenvalue weighted by Gasteiger charge is -2.33. The maximum atomic E-state index is 6.23. The summed E-state index contributed by atoms with van der Waals surface area (Å²) in [4.78, 5) is 6.95. The van der Waals surface area contributed by atoms with Crippen LogP contribution in [0.4, 0.5) is 0 Å². The van der Waals surface area contributed by atoms with E-state index in [4.69, 9.17) is 10.5 Å². The Morgan fingerprint density at radius 1 is 1.12 bits per heavy atom. The Morgan fingerprint density at radius 3 is 2.68 bits per heavy atom. The summed E-state index contributed by atoms with van der Waals surface area (Å²) in [6, 6.07) is 6.61. The molecule has 0 radical (unpaired) electrons. The molecule has 188 valence electrons. The molecule has 0 saturated carbocycles. The van der Waals surface area contributed by atoms with E-state index < -0.39 is 0 Å². The van der Waals surface area contributed by atoms with Crippen molar-refractivity contribution in [2.45, 2.75) is 84.7 Å². The molecule has 2 heterocycles. The minimum absolute atomic E-state index is 0.101. The molecule has 2 aliphatic rings. The van der Waals surface area contributed by atoms with Crippen molar-refractivity contribution in [3.8, 4) is 5.75 Å². The first-order valence-corrected chi connectivity index (χ1v) is 13.0. The summed E-state index contributed by atoms with van der Waals surface area (Å²) in [6.07, 6.45) is 11.6. The molecule has 0 unspecified atom stereocenters. The Bertz CT molecular complexity index is 879. The third-order valence-corrected chi connectivity index (χ3v) is 6.92. The number of fused-ring (bicyclic) bond motifs is 1. The van der Waals surface area contributed by atoms with E-state index in [1.807, 2.05) is 0 Å². The average molecular weight is 467 g/mol. The number of dihydropyridines is 1. The predicted molar refractivity (Wildman–Crippen MR) is 144 cm³/mol. The smallest absolute Gasteiger partial charge is 0.120 e. The van der Waals surface area contributed by atoms with Crippen LogP contribution in [-0.4, -0.2) is 42.5 Å². The number of allylic oxidation sites excluding steroid dienone is 1. The van der Waals surface area contributed by atoms with Gasteiger partial charge in [0.1, 0.15) is 11.6 Å². The first-order chi connectivity index (χ1) is 16.1. The van der Waals surface area contributed by atoms with Gasteiger partial charge in [-0.15, -0.1) is 0 Å². The van der Waals surface area contributed by atoms with Crippen LogP contribution in [0.25, 0.3) is 0 Å². The number of nitrogens with zero attached hydrogens (tertiary/aromatic N) is 2. The highest BCUT2D eigenvalue weighted by atomic mass is 16.5. The summed E-state index contributed by atoms with van der Waals surface area (Å²) in [7, 11) is 0. The Labute approximate surface area is 207 Å². The van der Waals surface area contributed by atoms with Gasteiger partial charge < -0.3 is 20.7 Å². The zero-order valence-electron chi connectivity index (χ0n) is 22.0. The molecule has 34 heavy (non-hydrogen) atoms. The second kappa shape index (κ2) is 11.9. The van der Waals surface area contributed by atoms with Crippen LogP contribution in [0.5, 0.6) is 5.75 Å². The molecule has 0 spiro atoms. The van der Waals surface area contributed by atoms with E-state index in [9.17, 15) is 0 Å². The number of rotatable bonds is 11. The van der Waals surface area contributed by atoms with E-state index in [2.05, 4.69) is 79.8 Å². The minimum Gasteiger partial charge on any atom is -0.494 e. The van der Waals surface area contributed by atoms with Crippen LogP contribution < -0.4 is 15.8 Å². The molecule has 5 nitrogen and oxygen atoms in total. The molecular formula is C29H46N4O. The highest BCUT2D eigenvalue weighted by Crippen LogP contribution is 2.32. The molecule has 0 fully saturated rings. The van der Waals surface area contributed by atoms with Crippen LogP contribution >= 0.6 is 0 Å². The Hall–Kier alpha value is -2.27. The van der Waals surface area contributed by atoms with Crippen LogP contribution in [0.1, 0.15) is 77.3 Å². The summed E-state index contributed by atoms with van der Waals surface area (Å²) >= 11 is 0. The molecule has 0 aromatic heterocycles. The molecule has 1 aromatic carbocycles. The van der Waals surface area contributed by atoms with Crippen molar-refractivity contribution in [2.24, 2.45) is 16.1 Å². The lowest BCUT2D eigenvalue weighted by molar-refractivity contribution is 0.219. The highest BCUT2D eigenvalue weighted by Gasteiger charge is 2.24. The Kier molecular flexibility index (Phi) is 9.24.